The lowest BCUT2D eigenvalue weighted by Gasteiger charge is -2.18. The molecule has 1 atom stereocenters. The Balaban J connectivity index is 4.31. The molecule has 1 unspecified atom stereocenters. The summed E-state index contributed by atoms with van der Waals surface area (Å²) < 4.78 is 17.0. The Labute approximate surface area is 508 Å². The molecular weight excluding hydrogens is 1010 g/mol. The van der Waals surface area contributed by atoms with Crippen molar-refractivity contribution >= 4 is 17.9 Å². The standard InChI is InChI=1S/C76H132O6/c1-4-7-10-13-16-19-22-25-28-30-32-34-36-37-38-39-41-42-44-46-48-51-54-57-60-63-66-69-75(78)81-72-73(71-80-74(77)68-65-62-59-56-53-50-27-24-21-18-15-12-9-6-3)82-76(79)70-67-64-61-58-55-52-49-47-45-43-40-35-33-31-29-26-23-20-17-14-11-8-5-2/h8,11,17,20,22,24-27,29-30,32-33,35,43,45,73H,4-7,9-10,12-16,18-19,21,23,28,31,34,36-42,44,46-72H2,1-3H3/b11-8-,20-17-,25-22-,27-24-,29-26-,32-30-,35-33-,45-43-. The van der Waals surface area contributed by atoms with Crippen LogP contribution in [-0.2, 0) is 28.6 Å². The molecule has 0 fully saturated rings. The van der Waals surface area contributed by atoms with E-state index in [0.29, 0.717) is 19.3 Å². The first-order chi connectivity index (χ1) is 40.5. The number of allylic oxidation sites excluding steroid dienone is 16. The molecule has 0 saturated carbocycles. The van der Waals surface area contributed by atoms with Crippen molar-refractivity contribution in [3.05, 3.63) is 97.2 Å². The van der Waals surface area contributed by atoms with Crippen molar-refractivity contribution in [1.29, 1.82) is 0 Å². The highest BCUT2D eigenvalue weighted by molar-refractivity contribution is 5.71. The number of hydrogen-bond acceptors (Lipinski definition) is 6. The Morgan fingerprint density at radius 3 is 0.756 bits per heavy atom. The van der Waals surface area contributed by atoms with Gasteiger partial charge in [-0.3, -0.25) is 14.4 Å². The largest absolute Gasteiger partial charge is 0.462 e. The molecule has 0 N–H and O–H groups in total. The van der Waals surface area contributed by atoms with Gasteiger partial charge in [-0.05, 0) is 122 Å². The van der Waals surface area contributed by atoms with Crippen molar-refractivity contribution in [1.82, 2.24) is 0 Å². The van der Waals surface area contributed by atoms with Gasteiger partial charge in [0.25, 0.3) is 0 Å². The van der Waals surface area contributed by atoms with Crippen molar-refractivity contribution in [2.24, 2.45) is 0 Å². The van der Waals surface area contributed by atoms with Crippen molar-refractivity contribution in [2.45, 2.75) is 354 Å². The molecule has 0 aliphatic heterocycles. The summed E-state index contributed by atoms with van der Waals surface area (Å²) in [6, 6.07) is 0. The third kappa shape index (κ3) is 67.1. The lowest BCUT2D eigenvalue weighted by Crippen LogP contribution is -2.30. The number of carbonyl (C=O) groups excluding carboxylic acids is 3. The molecule has 0 saturated heterocycles. The summed E-state index contributed by atoms with van der Waals surface area (Å²) in [6.45, 7) is 6.53. The fraction of sp³-hybridized carbons (Fsp3) is 0.750. The highest BCUT2D eigenvalue weighted by Crippen LogP contribution is 2.17. The summed E-state index contributed by atoms with van der Waals surface area (Å²) in [5, 5.41) is 0. The molecule has 6 heteroatoms. The summed E-state index contributed by atoms with van der Waals surface area (Å²) in [5.74, 6) is -0.888. The SMILES string of the molecule is CC/C=C\C/C=C\C/C=C\C/C=C\C/C=C\CCCCCCCCCC(=O)OC(COC(=O)CCCCCCC/C=C\CCCCCCC)COC(=O)CCCCCCCCCCCCCCCCC/C=C\C/C=C\CCCCCCC. The van der Waals surface area contributed by atoms with E-state index in [4.69, 9.17) is 14.2 Å². The second-order valence-corrected chi connectivity index (χ2v) is 23.4. The average Bonchev–Trinajstić information content (AvgIpc) is 3.47. The quantitative estimate of drug-likeness (QED) is 0.0261. The summed E-state index contributed by atoms with van der Waals surface area (Å²) >= 11 is 0. The van der Waals surface area contributed by atoms with E-state index >= 15 is 0 Å². The Morgan fingerprint density at radius 1 is 0.256 bits per heavy atom. The molecule has 472 valence electrons. The molecule has 0 bridgehead atoms. The van der Waals surface area contributed by atoms with E-state index in [2.05, 4.69) is 118 Å². The predicted molar refractivity (Wildman–Crippen MR) is 357 cm³/mol. The van der Waals surface area contributed by atoms with Crippen LogP contribution in [0.5, 0.6) is 0 Å². The maximum Gasteiger partial charge on any atom is 0.306 e. The zero-order valence-corrected chi connectivity index (χ0v) is 54.2. The van der Waals surface area contributed by atoms with Gasteiger partial charge in [-0.2, -0.15) is 0 Å². The highest BCUT2D eigenvalue weighted by Gasteiger charge is 2.19. The molecule has 0 aliphatic rings. The monoisotopic (exact) mass is 1140 g/mol. The number of rotatable bonds is 64. The third-order valence-corrected chi connectivity index (χ3v) is 15.3. The van der Waals surface area contributed by atoms with Crippen LogP contribution in [0.2, 0.25) is 0 Å². The molecule has 0 rings (SSSR count). The van der Waals surface area contributed by atoms with Crippen LogP contribution in [0, 0.1) is 0 Å². The zero-order valence-electron chi connectivity index (χ0n) is 54.2. The van der Waals surface area contributed by atoms with Gasteiger partial charge in [0, 0.05) is 19.3 Å². The van der Waals surface area contributed by atoms with Crippen LogP contribution in [0.1, 0.15) is 348 Å². The summed E-state index contributed by atoms with van der Waals surface area (Å²) in [7, 11) is 0. The molecule has 0 spiro atoms. The van der Waals surface area contributed by atoms with Crippen LogP contribution in [0.25, 0.3) is 0 Å². The fourth-order valence-electron chi connectivity index (χ4n) is 10.0. The van der Waals surface area contributed by atoms with Crippen LogP contribution in [0.15, 0.2) is 97.2 Å². The number of carbonyl (C=O) groups is 3. The zero-order chi connectivity index (χ0) is 59.2. The van der Waals surface area contributed by atoms with E-state index in [1.807, 2.05) is 0 Å². The Bertz CT molecular complexity index is 1590. The first kappa shape index (κ1) is 78.3. The summed E-state index contributed by atoms with van der Waals surface area (Å²) in [6.07, 6.45) is 94.3. The van der Waals surface area contributed by atoms with Crippen LogP contribution in [0.4, 0.5) is 0 Å². The van der Waals surface area contributed by atoms with E-state index in [1.165, 1.54) is 199 Å². The topological polar surface area (TPSA) is 78.9 Å². The first-order valence-corrected chi connectivity index (χ1v) is 35.2. The van der Waals surface area contributed by atoms with Gasteiger partial charge in [0.2, 0.25) is 0 Å². The second kappa shape index (κ2) is 69.8. The van der Waals surface area contributed by atoms with E-state index < -0.39 is 6.10 Å². The molecule has 0 aromatic heterocycles. The van der Waals surface area contributed by atoms with Gasteiger partial charge >= 0.3 is 17.9 Å². The normalized spacial score (nSPS) is 12.7. The van der Waals surface area contributed by atoms with Crippen molar-refractivity contribution in [3.63, 3.8) is 0 Å². The molecule has 0 aromatic carbocycles. The highest BCUT2D eigenvalue weighted by atomic mass is 16.6. The smallest absolute Gasteiger partial charge is 0.306 e. The van der Waals surface area contributed by atoms with E-state index in [1.54, 1.807) is 0 Å². The number of esters is 3. The molecule has 0 heterocycles. The van der Waals surface area contributed by atoms with Crippen molar-refractivity contribution in [2.75, 3.05) is 13.2 Å². The average molecular weight is 1140 g/mol. The van der Waals surface area contributed by atoms with Gasteiger partial charge in [0.05, 0.1) is 0 Å². The molecule has 0 radical (unpaired) electrons. The van der Waals surface area contributed by atoms with Crippen molar-refractivity contribution in [3.8, 4) is 0 Å². The van der Waals surface area contributed by atoms with E-state index in [0.717, 1.165) is 109 Å². The second-order valence-electron chi connectivity index (χ2n) is 23.4. The van der Waals surface area contributed by atoms with Crippen LogP contribution < -0.4 is 0 Å². The maximum atomic E-state index is 13.0. The summed E-state index contributed by atoms with van der Waals surface area (Å²) in [5.41, 5.74) is 0. The lowest BCUT2D eigenvalue weighted by atomic mass is 10.0. The fourth-order valence-corrected chi connectivity index (χ4v) is 10.0. The predicted octanol–water partition coefficient (Wildman–Crippen LogP) is 24.4. The Hall–Kier alpha value is -3.67. The molecule has 0 amide bonds. The van der Waals surface area contributed by atoms with Crippen LogP contribution >= 0.6 is 0 Å². The van der Waals surface area contributed by atoms with Gasteiger partial charge in [-0.15, -0.1) is 0 Å². The number of unbranched alkanes of at least 4 members (excludes halogenated alkanes) is 37. The minimum absolute atomic E-state index is 0.0829. The summed E-state index contributed by atoms with van der Waals surface area (Å²) in [4.78, 5) is 38.4. The van der Waals surface area contributed by atoms with Gasteiger partial charge < -0.3 is 14.2 Å². The number of hydrogen-bond donors (Lipinski definition) is 0. The minimum Gasteiger partial charge on any atom is -0.462 e. The van der Waals surface area contributed by atoms with Gasteiger partial charge in [-0.25, -0.2) is 0 Å². The van der Waals surface area contributed by atoms with E-state index in [-0.39, 0.29) is 31.1 Å². The number of ether oxygens (including phenoxy) is 3. The van der Waals surface area contributed by atoms with Crippen LogP contribution in [-0.4, -0.2) is 37.2 Å². The molecular formula is C76H132O6. The van der Waals surface area contributed by atoms with Gasteiger partial charge in [-0.1, -0.05) is 304 Å². The molecule has 6 nitrogen and oxygen atoms in total. The van der Waals surface area contributed by atoms with Gasteiger partial charge in [0.1, 0.15) is 13.2 Å². The molecule has 0 aromatic rings. The van der Waals surface area contributed by atoms with Crippen LogP contribution in [0.3, 0.4) is 0 Å². The molecule has 82 heavy (non-hydrogen) atoms. The van der Waals surface area contributed by atoms with Gasteiger partial charge in [0.15, 0.2) is 6.10 Å². The minimum atomic E-state index is -0.789. The third-order valence-electron chi connectivity index (χ3n) is 15.3. The van der Waals surface area contributed by atoms with Crippen molar-refractivity contribution < 1.29 is 28.6 Å². The maximum absolute atomic E-state index is 13.0. The first-order valence-electron chi connectivity index (χ1n) is 35.2. The molecule has 0 aliphatic carbocycles. The Kier molecular flexibility index (Phi) is 66.7. The Morgan fingerprint density at radius 2 is 0.476 bits per heavy atom. The lowest BCUT2D eigenvalue weighted by molar-refractivity contribution is -0.167. The van der Waals surface area contributed by atoms with E-state index in [9.17, 15) is 14.4 Å².